The van der Waals surface area contributed by atoms with E-state index >= 15 is 0 Å². The molecule has 0 bridgehead atoms. The van der Waals surface area contributed by atoms with Gasteiger partial charge in [0.2, 0.25) is 11.8 Å². The van der Waals surface area contributed by atoms with Crippen molar-refractivity contribution >= 4 is 28.7 Å². The van der Waals surface area contributed by atoms with Crippen molar-refractivity contribution in [2.45, 2.75) is 0 Å². The van der Waals surface area contributed by atoms with Crippen LogP contribution < -0.4 is 11.1 Å². The molecule has 0 fully saturated rings. The summed E-state index contributed by atoms with van der Waals surface area (Å²) in [4.78, 5) is 35.4. The van der Waals surface area contributed by atoms with Crippen LogP contribution in [0.25, 0.3) is 10.8 Å². The summed E-state index contributed by atoms with van der Waals surface area (Å²) < 4.78 is 5.01. The Balaban J connectivity index is 2.01. The molecule has 0 radical (unpaired) electrons. The Bertz CT molecular complexity index is 878. The second-order valence-electron chi connectivity index (χ2n) is 5.38. The molecule has 0 aliphatic carbocycles. The molecule has 0 aliphatic rings. The number of ether oxygens (including phenoxy) is 1. The highest BCUT2D eigenvalue weighted by Gasteiger charge is 2.19. The van der Waals surface area contributed by atoms with Gasteiger partial charge in [0, 0.05) is 12.6 Å². The Hall–Kier alpha value is -3.53. The molecule has 0 atom stereocenters. The molecule has 0 aromatic heterocycles. The van der Waals surface area contributed by atoms with Gasteiger partial charge in [0.1, 0.15) is 13.1 Å². The van der Waals surface area contributed by atoms with Crippen LogP contribution in [0.2, 0.25) is 0 Å². The van der Waals surface area contributed by atoms with Gasteiger partial charge in [-0.2, -0.15) is 0 Å². The van der Waals surface area contributed by atoms with Crippen LogP contribution >= 0.6 is 0 Å². The molecule has 0 saturated heterocycles. The van der Waals surface area contributed by atoms with Crippen LogP contribution in [0.1, 0.15) is 5.56 Å². The lowest BCUT2D eigenvalue weighted by molar-refractivity contribution is -0.123. The number of likely N-dealkylation sites (N-methyl/N-ethyl adjacent to an activating group) is 1. The van der Waals surface area contributed by atoms with Gasteiger partial charge in [-0.1, -0.05) is 48.2 Å². The largest absolute Gasteiger partial charge is 0.436 e. The number of nitrogens with two attached hydrogens (primary N) is 1. The average molecular weight is 353 g/mol. The fourth-order valence-electron chi connectivity index (χ4n) is 2.28. The summed E-state index contributed by atoms with van der Waals surface area (Å²) in [6.07, 6.45) is -0.834. The standard InChI is InChI=1S/C19H19N3O4/c1-21-18(24)13-22(12-17(20)23)19(25)26-11-5-9-15-8-4-7-14-6-2-3-10-16(14)15/h2-4,6-8,10H,11-13H2,1H3,(H2,20,23)(H,21,24). The Kier molecular flexibility index (Phi) is 6.57. The maximum atomic E-state index is 12.0. The fraction of sp³-hybridized carbons (Fsp3) is 0.211. The van der Waals surface area contributed by atoms with E-state index in [1.54, 1.807) is 0 Å². The summed E-state index contributed by atoms with van der Waals surface area (Å²) in [5, 5.41) is 4.43. The molecule has 7 heteroatoms. The average Bonchev–Trinajstić information content (AvgIpc) is 2.64. The lowest BCUT2D eigenvalue weighted by Gasteiger charge is -2.18. The van der Waals surface area contributed by atoms with Gasteiger partial charge in [-0.15, -0.1) is 0 Å². The van der Waals surface area contributed by atoms with Crippen molar-refractivity contribution in [3.05, 3.63) is 48.0 Å². The highest BCUT2D eigenvalue weighted by Crippen LogP contribution is 2.17. The molecule has 0 spiro atoms. The minimum absolute atomic E-state index is 0.176. The summed E-state index contributed by atoms with van der Waals surface area (Å²) in [6.45, 7) is -0.914. The minimum Gasteiger partial charge on any atom is -0.436 e. The number of carbonyl (C=O) groups is 3. The van der Waals surface area contributed by atoms with E-state index in [0.717, 1.165) is 21.2 Å². The molecule has 2 rings (SSSR count). The van der Waals surface area contributed by atoms with E-state index in [4.69, 9.17) is 10.5 Å². The number of nitrogens with zero attached hydrogens (tertiary/aromatic N) is 1. The van der Waals surface area contributed by atoms with Gasteiger partial charge in [0.15, 0.2) is 6.61 Å². The van der Waals surface area contributed by atoms with Gasteiger partial charge in [0.05, 0.1) is 0 Å². The Morgan fingerprint density at radius 3 is 2.58 bits per heavy atom. The van der Waals surface area contributed by atoms with Gasteiger partial charge in [-0.25, -0.2) is 4.79 Å². The molecule has 0 unspecified atom stereocenters. The third-order valence-electron chi connectivity index (χ3n) is 3.50. The zero-order valence-corrected chi connectivity index (χ0v) is 14.3. The molecule has 2 aromatic rings. The van der Waals surface area contributed by atoms with E-state index in [0.29, 0.717) is 0 Å². The first-order chi connectivity index (χ1) is 12.5. The molecule has 7 nitrogen and oxygen atoms in total. The number of primary amides is 1. The first-order valence-electron chi connectivity index (χ1n) is 7.88. The molecule has 3 amide bonds. The zero-order chi connectivity index (χ0) is 18.9. The highest BCUT2D eigenvalue weighted by atomic mass is 16.6. The monoisotopic (exact) mass is 353 g/mol. The Labute approximate surface area is 151 Å². The second-order valence-corrected chi connectivity index (χ2v) is 5.38. The predicted octanol–water partition coefficient (Wildman–Crippen LogP) is 0.861. The third-order valence-corrected chi connectivity index (χ3v) is 3.50. The van der Waals surface area contributed by atoms with Crippen LogP contribution in [0.4, 0.5) is 4.79 Å². The van der Waals surface area contributed by atoms with Crippen LogP contribution in [0, 0.1) is 11.8 Å². The summed E-state index contributed by atoms with van der Waals surface area (Å²) >= 11 is 0. The summed E-state index contributed by atoms with van der Waals surface area (Å²) in [5.41, 5.74) is 5.90. The van der Waals surface area contributed by atoms with Crippen molar-refractivity contribution in [1.29, 1.82) is 0 Å². The SMILES string of the molecule is CNC(=O)CN(CC(N)=O)C(=O)OCC#Cc1cccc2ccccc12. The summed E-state index contributed by atoms with van der Waals surface area (Å²) in [5.74, 6) is 4.54. The van der Waals surface area contributed by atoms with Crippen molar-refractivity contribution < 1.29 is 19.1 Å². The predicted molar refractivity (Wildman–Crippen MR) is 97.0 cm³/mol. The van der Waals surface area contributed by atoms with Gasteiger partial charge in [-0.3, -0.25) is 14.5 Å². The molecule has 134 valence electrons. The second kappa shape index (κ2) is 9.08. The number of rotatable bonds is 5. The number of amides is 3. The van der Waals surface area contributed by atoms with E-state index in [2.05, 4.69) is 17.2 Å². The smallest absolute Gasteiger partial charge is 0.411 e. The normalized spacial score (nSPS) is 9.73. The molecule has 26 heavy (non-hydrogen) atoms. The van der Waals surface area contributed by atoms with Crippen molar-refractivity contribution in [3.8, 4) is 11.8 Å². The van der Waals surface area contributed by atoms with E-state index < -0.39 is 24.5 Å². The molecule has 0 aliphatic heterocycles. The number of fused-ring (bicyclic) bond motifs is 1. The lowest BCUT2D eigenvalue weighted by atomic mass is 10.1. The lowest BCUT2D eigenvalue weighted by Crippen LogP contribution is -2.44. The van der Waals surface area contributed by atoms with Crippen LogP contribution in [-0.2, 0) is 14.3 Å². The molecular weight excluding hydrogens is 334 g/mol. The maximum absolute atomic E-state index is 12.0. The number of benzene rings is 2. The van der Waals surface area contributed by atoms with E-state index in [1.807, 2.05) is 42.5 Å². The molecule has 0 heterocycles. The van der Waals surface area contributed by atoms with Crippen molar-refractivity contribution in [1.82, 2.24) is 10.2 Å². The first-order valence-corrected chi connectivity index (χ1v) is 7.88. The minimum atomic E-state index is -0.834. The summed E-state index contributed by atoms with van der Waals surface area (Å²) in [6, 6.07) is 13.6. The Morgan fingerprint density at radius 2 is 1.85 bits per heavy atom. The quantitative estimate of drug-likeness (QED) is 0.779. The molecular formula is C19H19N3O4. The van der Waals surface area contributed by atoms with Gasteiger partial charge >= 0.3 is 6.09 Å². The van der Waals surface area contributed by atoms with Crippen LogP contribution in [0.3, 0.4) is 0 Å². The van der Waals surface area contributed by atoms with E-state index in [9.17, 15) is 14.4 Å². The van der Waals surface area contributed by atoms with Crippen LogP contribution in [0.5, 0.6) is 0 Å². The van der Waals surface area contributed by atoms with Crippen molar-refractivity contribution in [3.63, 3.8) is 0 Å². The summed E-state index contributed by atoms with van der Waals surface area (Å²) in [7, 11) is 1.42. The zero-order valence-electron chi connectivity index (χ0n) is 14.3. The van der Waals surface area contributed by atoms with Gasteiger partial charge in [-0.05, 0) is 16.8 Å². The topological polar surface area (TPSA) is 102 Å². The number of hydrogen-bond donors (Lipinski definition) is 2. The van der Waals surface area contributed by atoms with Gasteiger partial charge < -0.3 is 15.8 Å². The molecule has 0 saturated carbocycles. The fourth-order valence-corrected chi connectivity index (χ4v) is 2.28. The molecule has 2 aromatic carbocycles. The van der Waals surface area contributed by atoms with Gasteiger partial charge in [0.25, 0.3) is 0 Å². The first kappa shape index (κ1) is 18.8. The van der Waals surface area contributed by atoms with Crippen molar-refractivity contribution in [2.75, 3.05) is 26.7 Å². The van der Waals surface area contributed by atoms with Crippen LogP contribution in [0.15, 0.2) is 42.5 Å². The third kappa shape index (κ3) is 5.24. The number of carbonyl (C=O) groups excluding carboxylic acids is 3. The van der Waals surface area contributed by atoms with E-state index in [-0.39, 0.29) is 13.2 Å². The number of hydrogen-bond acceptors (Lipinski definition) is 4. The highest BCUT2D eigenvalue weighted by molar-refractivity contribution is 5.88. The van der Waals surface area contributed by atoms with Crippen LogP contribution in [-0.4, -0.2) is 49.6 Å². The Morgan fingerprint density at radius 1 is 1.12 bits per heavy atom. The molecule has 3 N–H and O–H groups in total. The van der Waals surface area contributed by atoms with Crippen molar-refractivity contribution in [2.24, 2.45) is 5.73 Å². The number of nitrogens with one attached hydrogen (secondary N) is 1. The van der Waals surface area contributed by atoms with E-state index in [1.165, 1.54) is 7.05 Å². The maximum Gasteiger partial charge on any atom is 0.411 e.